The van der Waals surface area contributed by atoms with Gasteiger partial charge in [-0.05, 0) is 12.1 Å². The summed E-state index contributed by atoms with van der Waals surface area (Å²) in [5.74, 6) is -2.14. The van der Waals surface area contributed by atoms with Crippen molar-refractivity contribution >= 4 is 29.4 Å². The summed E-state index contributed by atoms with van der Waals surface area (Å²) < 4.78 is 0. The van der Waals surface area contributed by atoms with Gasteiger partial charge in [0.2, 0.25) is 5.91 Å². The van der Waals surface area contributed by atoms with Crippen molar-refractivity contribution < 1.29 is 19.5 Å². The van der Waals surface area contributed by atoms with Gasteiger partial charge in [-0.2, -0.15) is 0 Å². The van der Waals surface area contributed by atoms with E-state index in [1.165, 1.54) is 4.90 Å². The van der Waals surface area contributed by atoms with Crippen LogP contribution in [0.2, 0.25) is 5.02 Å². The minimum absolute atomic E-state index is 0.170. The highest BCUT2D eigenvalue weighted by atomic mass is 35.5. The third-order valence-corrected chi connectivity index (χ3v) is 3.43. The van der Waals surface area contributed by atoms with Crippen LogP contribution in [0.5, 0.6) is 0 Å². The fraction of sp³-hybridized carbons (Fsp3) is 0.308. The number of aliphatic carboxylic acids is 1. The lowest BCUT2D eigenvalue weighted by atomic mass is 10.0. The van der Waals surface area contributed by atoms with Crippen molar-refractivity contribution in [1.29, 1.82) is 0 Å². The van der Waals surface area contributed by atoms with Gasteiger partial charge in [0.05, 0.1) is 23.0 Å². The molecule has 7 heteroatoms. The van der Waals surface area contributed by atoms with E-state index in [9.17, 15) is 14.4 Å². The average Bonchev–Trinajstić information content (AvgIpc) is 2.34. The zero-order valence-corrected chi connectivity index (χ0v) is 11.3. The van der Waals surface area contributed by atoms with Crippen LogP contribution in [-0.2, 0) is 9.59 Å². The third kappa shape index (κ3) is 3.08. The first kappa shape index (κ1) is 14.3. The molecular weight excluding hydrogens is 284 g/mol. The summed E-state index contributed by atoms with van der Waals surface area (Å²) in [5, 5.41) is 11.5. The molecule has 1 aliphatic heterocycles. The fourth-order valence-electron chi connectivity index (χ4n) is 1.85. The number of likely N-dealkylation sites (tertiary alicyclic amines) is 1. The maximum absolute atomic E-state index is 11.8. The van der Waals surface area contributed by atoms with Crippen molar-refractivity contribution in [2.75, 3.05) is 19.6 Å². The number of nitrogens with one attached hydrogen (secondary N) is 1. The van der Waals surface area contributed by atoms with Crippen LogP contribution >= 0.6 is 11.6 Å². The quantitative estimate of drug-likeness (QED) is 0.852. The first-order valence-corrected chi connectivity index (χ1v) is 6.40. The molecule has 1 aromatic rings. The topological polar surface area (TPSA) is 86.7 Å². The van der Waals surface area contributed by atoms with E-state index in [1.807, 2.05) is 0 Å². The van der Waals surface area contributed by atoms with Gasteiger partial charge in [-0.1, -0.05) is 23.7 Å². The summed E-state index contributed by atoms with van der Waals surface area (Å²) in [6.07, 6.45) is 0. The van der Waals surface area contributed by atoms with E-state index >= 15 is 0 Å². The maximum Gasteiger partial charge on any atom is 0.310 e. The molecule has 1 aliphatic rings. The SMILES string of the molecule is O=C(NCC(=O)N1CC(C(=O)O)C1)c1ccccc1Cl. The van der Waals surface area contributed by atoms with Crippen LogP contribution in [0.15, 0.2) is 24.3 Å². The van der Waals surface area contributed by atoms with Crippen LogP contribution in [0.3, 0.4) is 0 Å². The van der Waals surface area contributed by atoms with Crippen LogP contribution in [0.1, 0.15) is 10.4 Å². The van der Waals surface area contributed by atoms with E-state index in [0.717, 1.165) is 0 Å². The number of nitrogens with zero attached hydrogens (tertiary/aromatic N) is 1. The molecule has 0 bridgehead atoms. The summed E-state index contributed by atoms with van der Waals surface area (Å²) in [4.78, 5) is 35.5. The summed E-state index contributed by atoms with van der Waals surface area (Å²) >= 11 is 5.87. The highest BCUT2D eigenvalue weighted by Gasteiger charge is 2.35. The highest BCUT2D eigenvalue weighted by Crippen LogP contribution is 2.16. The van der Waals surface area contributed by atoms with Crippen LogP contribution in [0.25, 0.3) is 0 Å². The zero-order chi connectivity index (χ0) is 14.7. The Morgan fingerprint density at radius 3 is 2.55 bits per heavy atom. The van der Waals surface area contributed by atoms with Crippen molar-refractivity contribution in [3.8, 4) is 0 Å². The Labute approximate surface area is 120 Å². The smallest absolute Gasteiger partial charge is 0.310 e. The van der Waals surface area contributed by atoms with Gasteiger partial charge in [-0.3, -0.25) is 14.4 Å². The lowest BCUT2D eigenvalue weighted by Gasteiger charge is -2.36. The van der Waals surface area contributed by atoms with Gasteiger partial charge in [-0.25, -0.2) is 0 Å². The Morgan fingerprint density at radius 2 is 1.95 bits per heavy atom. The number of hydrogen-bond acceptors (Lipinski definition) is 3. The summed E-state index contributed by atoms with van der Waals surface area (Å²) in [6, 6.07) is 6.53. The molecule has 0 unspecified atom stereocenters. The molecule has 0 radical (unpaired) electrons. The van der Waals surface area contributed by atoms with E-state index in [-0.39, 0.29) is 25.5 Å². The van der Waals surface area contributed by atoms with E-state index in [4.69, 9.17) is 16.7 Å². The standard InChI is InChI=1S/C13H13ClN2O4/c14-10-4-2-1-3-9(10)12(18)15-5-11(17)16-6-8(7-16)13(19)20/h1-4,8H,5-7H2,(H,15,18)(H,19,20). The normalized spacial score (nSPS) is 14.6. The molecule has 0 saturated carbocycles. The number of carbonyl (C=O) groups is 3. The van der Waals surface area contributed by atoms with Gasteiger partial charge in [-0.15, -0.1) is 0 Å². The average molecular weight is 297 g/mol. The molecule has 0 spiro atoms. The molecule has 1 saturated heterocycles. The predicted molar refractivity (Wildman–Crippen MR) is 71.5 cm³/mol. The second-order valence-corrected chi connectivity index (χ2v) is 4.90. The largest absolute Gasteiger partial charge is 0.481 e. The molecule has 1 aromatic carbocycles. The molecule has 20 heavy (non-hydrogen) atoms. The lowest BCUT2D eigenvalue weighted by molar-refractivity contribution is -0.152. The van der Waals surface area contributed by atoms with Gasteiger partial charge in [0, 0.05) is 13.1 Å². The molecule has 2 N–H and O–H groups in total. The Balaban J connectivity index is 1.81. The number of hydrogen-bond donors (Lipinski definition) is 2. The Hall–Kier alpha value is -2.08. The molecular formula is C13H13ClN2O4. The minimum Gasteiger partial charge on any atom is -0.481 e. The van der Waals surface area contributed by atoms with Crippen molar-refractivity contribution in [1.82, 2.24) is 10.2 Å². The second kappa shape index (κ2) is 5.92. The Kier molecular flexibility index (Phi) is 4.24. The first-order valence-electron chi connectivity index (χ1n) is 6.02. The Bertz CT molecular complexity index is 555. The molecule has 2 rings (SSSR count). The van der Waals surface area contributed by atoms with Crippen LogP contribution < -0.4 is 5.32 Å². The number of halogens is 1. The fourth-order valence-corrected chi connectivity index (χ4v) is 2.07. The second-order valence-electron chi connectivity index (χ2n) is 4.50. The van der Waals surface area contributed by atoms with E-state index < -0.39 is 17.8 Å². The number of carbonyl (C=O) groups excluding carboxylic acids is 2. The number of rotatable bonds is 4. The molecule has 1 fully saturated rings. The number of carboxylic acid groups (broad SMARTS) is 1. The van der Waals surface area contributed by atoms with E-state index in [2.05, 4.69) is 5.32 Å². The monoisotopic (exact) mass is 296 g/mol. The minimum atomic E-state index is -0.908. The summed E-state index contributed by atoms with van der Waals surface area (Å²) in [6.45, 7) is 0.211. The molecule has 0 aromatic heterocycles. The summed E-state index contributed by atoms with van der Waals surface area (Å²) in [5.41, 5.74) is 0.300. The van der Waals surface area contributed by atoms with E-state index in [1.54, 1.807) is 24.3 Å². The van der Waals surface area contributed by atoms with Crippen LogP contribution in [0.4, 0.5) is 0 Å². The molecule has 6 nitrogen and oxygen atoms in total. The number of benzene rings is 1. The lowest BCUT2D eigenvalue weighted by Crippen LogP contribution is -2.55. The van der Waals surface area contributed by atoms with Gasteiger partial charge >= 0.3 is 5.97 Å². The van der Waals surface area contributed by atoms with Crippen LogP contribution in [0, 0.1) is 5.92 Å². The number of carboxylic acids is 1. The zero-order valence-electron chi connectivity index (χ0n) is 10.5. The molecule has 0 aliphatic carbocycles. The van der Waals surface area contributed by atoms with E-state index in [0.29, 0.717) is 10.6 Å². The van der Waals surface area contributed by atoms with Gasteiger partial charge < -0.3 is 15.3 Å². The van der Waals surface area contributed by atoms with Crippen molar-refractivity contribution in [2.24, 2.45) is 5.92 Å². The number of amides is 2. The van der Waals surface area contributed by atoms with Crippen molar-refractivity contribution in [3.63, 3.8) is 0 Å². The van der Waals surface area contributed by atoms with Crippen LogP contribution in [-0.4, -0.2) is 47.4 Å². The molecule has 0 atom stereocenters. The van der Waals surface area contributed by atoms with Gasteiger partial charge in [0.25, 0.3) is 5.91 Å². The highest BCUT2D eigenvalue weighted by molar-refractivity contribution is 6.33. The predicted octanol–water partition coefficient (Wildman–Crippen LogP) is 0.613. The maximum atomic E-state index is 11.8. The molecule has 2 amide bonds. The van der Waals surface area contributed by atoms with Crippen molar-refractivity contribution in [3.05, 3.63) is 34.9 Å². The Morgan fingerprint density at radius 1 is 1.30 bits per heavy atom. The first-order chi connectivity index (χ1) is 9.49. The van der Waals surface area contributed by atoms with Gasteiger partial charge in [0.15, 0.2) is 0 Å². The van der Waals surface area contributed by atoms with Crippen molar-refractivity contribution in [2.45, 2.75) is 0 Å². The van der Waals surface area contributed by atoms with Gasteiger partial charge in [0.1, 0.15) is 0 Å². The third-order valence-electron chi connectivity index (χ3n) is 3.10. The summed E-state index contributed by atoms with van der Waals surface area (Å²) in [7, 11) is 0. The molecule has 1 heterocycles. The molecule has 106 valence electrons.